The predicted molar refractivity (Wildman–Crippen MR) is 97.9 cm³/mol. The molecule has 4 rings (SSSR count). The Labute approximate surface area is 157 Å². The van der Waals surface area contributed by atoms with Gasteiger partial charge >= 0.3 is 0 Å². The van der Waals surface area contributed by atoms with Crippen LogP contribution in [-0.2, 0) is 0 Å². The van der Waals surface area contributed by atoms with Gasteiger partial charge in [-0.2, -0.15) is 0 Å². The molecule has 0 radical (unpaired) electrons. The van der Waals surface area contributed by atoms with Gasteiger partial charge in [-0.1, -0.05) is 0 Å². The summed E-state index contributed by atoms with van der Waals surface area (Å²) in [6.45, 7) is 3.68. The second-order valence-electron chi connectivity index (χ2n) is 7.42. The molecular formula is C21H22F2N2O2. The van der Waals surface area contributed by atoms with Crippen LogP contribution < -0.4 is 10.1 Å². The fourth-order valence-corrected chi connectivity index (χ4v) is 3.94. The maximum absolute atomic E-state index is 13.7. The molecule has 0 bridgehead atoms. The van der Waals surface area contributed by atoms with Crippen molar-refractivity contribution in [2.45, 2.75) is 19.3 Å². The monoisotopic (exact) mass is 372 g/mol. The Hall–Kier alpha value is -2.47. The van der Waals surface area contributed by atoms with E-state index in [9.17, 15) is 13.6 Å². The molecule has 0 aliphatic carbocycles. The number of nitrogens with one attached hydrogen (secondary N) is 1. The van der Waals surface area contributed by atoms with E-state index < -0.39 is 11.6 Å². The number of amides is 1. The van der Waals surface area contributed by atoms with E-state index in [0.717, 1.165) is 51.2 Å². The summed E-state index contributed by atoms with van der Waals surface area (Å²) in [4.78, 5) is 14.6. The minimum Gasteiger partial charge on any atom is -0.454 e. The topological polar surface area (TPSA) is 41.6 Å². The molecule has 142 valence electrons. The summed E-state index contributed by atoms with van der Waals surface area (Å²) in [6, 6.07) is 9.77. The van der Waals surface area contributed by atoms with Crippen LogP contribution in [0.1, 0.15) is 29.6 Å². The second-order valence-corrected chi connectivity index (χ2v) is 7.42. The molecule has 2 aliphatic rings. The Morgan fingerprint density at radius 2 is 1.78 bits per heavy atom. The quantitative estimate of drug-likeness (QED) is 0.886. The molecular weight excluding hydrogens is 350 g/mol. The maximum atomic E-state index is 13.7. The van der Waals surface area contributed by atoms with Crippen molar-refractivity contribution in [3.63, 3.8) is 0 Å². The summed E-state index contributed by atoms with van der Waals surface area (Å²) in [5, 5.41) is 3.43. The van der Waals surface area contributed by atoms with Crippen molar-refractivity contribution in [3.05, 3.63) is 59.7 Å². The van der Waals surface area contributed by atoms with Crippen molar-refractivity contribution in [1.29, 1.82) is 0 Å². The van der Waals surface area contributed by atoms with Crippen LogP contribution in [0.25, 0.3) is 0 Å². The van der Waals surface area contributed by atoms with Gasteiger partial charge in [-0.25, -0.2) is 8.78 Å². The van der Waals surface area contributed by atoms with E-state index in [4.69, 9.17) is 4.74 Å². The van der Waals surface area contributed by atoms with E-state index in [1.165, 1.54) is 12.5 Å². The zero-order chi connectivity index (χ0) is 18.9. The van der Waals surface area contributed by atoms with Gasteiger partial charge in [-0.05, 0) is 67.6 Å². The number of hydrogen-bond donors (Lipinski definition) is 1. The summed E-state index contributed by atoms with van der Waals surface area (Å²) >= 11 is 0. The molecule has 2 aliphatic heterocycles. The molecule has 1 N–H and O–H groups in total. The van der Waals surface area contributed by atoms with Gasteiger partial charge in [0.1, 0.15) is 11.6 Å². The molecule has 1 spiro atoms. The summed E-state index contributed by atoms with van der Waals surface area (Å²) < 4.78 is 32.1. The third-order valence-corrected chi connectivity index (χ3v) is 5.67. The lowest BCUT2D eigenvalue weighted by molar-refractivity contribution is 0.0607. The SMILES string of the molecule is O=C(c1ccc(Oc2ccc(F)cc2F)cc1)N1CCC2(CCNC2)CC1. The Bertz CT molecular complexity index is 823. The number of ether oxygens (including phenoxy) is 1. The number of nitrogens with zero attached hydrogens (tertiary/aromatic N) is 1. The van der Waals surface area contributed by atoms with E-state index in [1.807, 2.05) is 4.90 Å². The lowest BCUT2D eigenvalue weighted by Crippen LogP contribution is -2.44. The molecule has 2 aromatic rings. The number of likely N-dealkylation sites (tertiary alicyclic amines) is 1. The average molecular weight is 372 g/mol. The van der Waals surface area contributed by atoms with Crippen molar-refractivity contribution in [2.24, 2.45) is 5.41 Å². The van der Waals surface area contributed by atoms with Gasteiger partial charge < -0.3 is 15.0 Å². The summed E-state index contributed by atoms with van der Waals surface area (Å²) in [7, 11) is 0. The van der Waals surface area contributed by atoms with Crippen molar-refractivity contribution < 1.29 is 18.3 Å². The van der Waals surface area contributed by atoms with Crippen LogP contribution in [0.5, 0.6) is 11.5 Å². The second kappa shape index (κ2) is 7.27. The third kappa shape index (κ3) is 3.81. The summed E-state index contributed by atoms with van der Waals surface area (Å²) in [6.07, 6.45) is 3.27. The molecule has 27 heavy (non-hydrogen) atoms. The first-order chi connectivity index (χ1) is 13.0. The van der Waals surface area contributed by atoms with Gasteiger partial charge in [-0.15, -0.1) is 0 Å². The van der Waals surface area contributed by atoms with Gasteiger partial charge in [0.05, 0.1) is 0 Å². The molecule has 2 fully saturated rings. The zero-order valence-corrected chi connectivity index (χ0v) is 15.0. The van der Waals surface area contributed by atoms with Crippen molar-refractivity contribution in [1.82, 2.24) is 10.2 Å². The highest BCUT2D eigenvalue weighted by atomic mass is 19.1. The van der Waals surface area contributed by atoms with E-state index in [2.05, 4.69) is 5.32 Å². The Balaban J connectivity index is 1.39. The molecule has 0 saturated carbocycles. The summed E-state index contributed by atoms with van der Waals surface area (Å²) in [5.74, 6) is -1.07. The van der Waals surface area contributed by atoms with Crippen LogP contribution in [0.3, 0.4) is 0 Å². The molecule has 2 heterocycles. The first-order valence-corrected chi connectivity index (χ1v) is 9.28. The average Bonchev–Trinajstić information content (AvgIpc) is 3.13. The Morgan fingerprint density at radius 3 is 2.41 bits per heavy atom. The zero-order valence-electron chi connectivity index (χ0n) is 15.0. The molecule has 0 aromatic heterocycles. The fourth-order valence-electron chi connectivity index (χ4n) is 3.94. The molecule has 1 amide bonds. The normalized spacial score (nSPS) is 18.7. The minimum absolute atomic E-state index is 0.00955. The number of rotatable bonds is 3. The van der Waals surface area contributed by atoms with Gasteiger partial charge in [0.15, 0.2) is 11.6 Å². The number of carbonyl (C=O) groups is 1. The number of hydrogen-bond acceptors (Lipinski definition) is 3. The highest BCUT2D eigenvalue weighted by molar-refractivity contribution is 5.94. The van der Waals surface area contributed by atoms with Gasteiger partial charge in [0.25, 0.3) is 5.91 Å². The minimum atomic E-state index is -0.765. The van der Waals surface area contributed by atoms with Crippen LogP contribution in [0, 0.1) is 17.0 Å². The van der Waals surface area contributed by atoms with Crippen molar-refractivity contribution >= 4 is 5.91 Å². The van der Waals surface area contributed by atoms with Crippen LogP contribution in [-0.4, -0.2) is 37.0 Å². The molecule has 6 heteroatoms. The van der Waals surface area contributed by atoms with Crippen LogP contribution in [0.4, 0.5) is 8.78 Å². The maximum Gasteiger partial charge on any atom is 0.253 e. The van der Waals surface area contributed by atoms with Gasteiger partial charge in [0, 0.05) is 31.3 Å². The summed E-state index contributed by atoms with van der Waals surface area (Å²) in [5.41, 5.74) is 0.954. The lowest BCUT2D eigenvalue weighted by Gasteiger charge is -2.38. The van der Waals surface area contributed by atoms with Gasteiger partial charge in [0.2, 0.25) is 0 Å². The predicted octanol–water partition coefficient (Wildman–Crippen LogP) is 3.97. The molecule has 0 atom stereocenters. The van der Waals surface area contributed by atoms with E-state index in [-0.39, 0.29) is 11.7 Å². The van der Waals surface area contributed by atoms with Crippen LogP contribution >= 0.6 is 0 Å². The third-order valence-electron chi connectivity index (χ3n) is 5.67. The molecule has 4 nitrogen and oxygen atoms in total. The van der Waals surface area contributed by atoms with Crippen LogP contribution in [0.2, 0.25) is 0 Å². The van der Waals surface area contributed by atoms with Crippen molar-refractivity contribution in [3.8, 4) is 11.5 Å². The lowest BCUT2D eigenvalue weighted by atomic mass is 9.78. The molecule has 2 aromatic carbocycles. The van der Waals surface area contributed by atoms with Gasteiger partial charge in [-0.3, -0.25) is 4.79 Å². The first-order valence-electron chi connectivity index (χ1n) is 9.28. The number of benzene rings is 2. The standard InChI is InChI=1S/C21H22F2N2O2/c22-16-3-6-19(18(23)13-16)27-17-4-1-15(2-5-17)20(26)25-11-8-21(9-12-25)7-10-24-14-21/h1-6,13,24H,7-12,14H2. The Kier molecular flexibility index (Phi) is 4.83. The van der Waals surface area contributed by atoms with E-state index in [0.29, 0.717) is 16.7 Å². The van der Waals surface area contributed by atoms with E-state index in [1.54, 1.807) is 24.3 Å². The highest BCUT2D eigenvalue weighted by Crippen LogP contribution is 2.37. The largest absolute Gasteiger partial charge is 0.454 e. The Morgan fingerprint density at radius 1 is 1.04 bits per heavy atom. The highest BCUT2D eigenvalue weighted by Gasteiger charge is 2.38. The van der Waals surface area contributed by atoms with E-state index >= 15 is 0 Å². The smallest absolute Gasteiger partial charge is 0.253 e. The van der Waals surface area contributed by atoms with Crippen LogP contribution in [0.15, 0.2) is 42.5 Å². The fraction of sp³-hybridized carbons (Fsp3) is 0.381. The van der Waals surface area contributed by atoms with Crippen molar-refractivity contribution in [2.75, 3.05) is 26.2 Å². The molecule has 2 saturated heterocycles. The number of piperidine rings is 1. The molecule has 0 unspecified atom stereocenters. The first kappa shape index (κ1) is 17.9. The number of halogens is 2. The number of carbonyl (C=O) groups excluding carboxylic acids is 1.